The Morgan fingerprint density at radius 1 is 0.796 bits per heavy atom. The molecule has 27 nitrogen and oxygen atoms in total. The lowest BCUT2D eigenvalue weighted by molar-refractivity contribution is -0.387. The van der Waals surface area contributed by atoms with Gasteiger partial charge in [-0.15, -0.1) is 0 Å². The van der Waals surface area contributed by atoms with E-state index in [4.69, 9.17) is 52.1 Å². The number of carbonyl (C=O) groups is 6. The van der Waals surface area contributed by atoms with E-state index < -0.39 is 176 Å². The molecule has 93 heavy (non-hydrogen) atoms. The fourth-order valence-electron chi connectivity index (χ4n) is 13.4. The van der Waals surface area contributed by atoms with Crippen LogP contribution >= 0.6 is 0 Å². The Morgan fingerprint density at radius 2 is 1.53 bits per heavy atom. The zero-order chi connectivity index (χ0) is 68.6. The fourth-order valence-corrected chi connectivity index (χ4v) is 13.4. The summed E-state index contributed by atoms with van der Waals surface area (Å²) >= 11 is 0. The minimum atomic E-state index is -2.86. The van der Waals surface area contributed by atoms with Crippen molar-refractivity contribution >= 4 is 35.4 Å². The molecule has 1 saturated carbocycles. The quantitative estimate of drug-likeness (QED) is 0.0643. The number of aliphatic hydroxyl groups is 9. The first-order chi connectivity index (χ1) is 44.1. The van der Waals surface area contributed by atoms with Crippen LogP contribution in [-0.4, -0.2) is 257 Å². The van der Waals surface area contributed by atoms with E-state index in [0.717, 1.165) is 10.5 Å². The zero-order valence-corrected chi connectivity index (χ0v) is 55.3. The van der Waals surface area contributed by atoms with E-state index in [-0.39, 0.29) is 75.1 Å². The van der Waals surface area contributed by atoms with Crippen molar-refractivity contribution in [3.8, 4) is 0 Å². The molecule has 6 aliphatic rings. The Bertz CT molecular complexity index is 2600. The standard InChI is InChI=1S/C66H103NO26/c1-35-16-12-11-13-17-36(2)48(83-8)30-43-21-19-41(7)66(82,93-43)59(77)61(78)67-23-15-14-18-44(67)62(79)89-49(38(4)28-42-20-22-47(86-25-24-68)50(29-42)84-9)31-45(70)37(3)27-40(6)57(58(85-10)52(72)39(5)26-35)91-64(80)87-34-65(81)60(53(73)46(71)33-88-65)92-63-56(76)55(75)54(74)51(32-69)90-63/h11-13,16-17,27,35,37-39,41-44,46-51,53-58,60,63,68-69,71,73-76,81-82H,14-15,18-26,28-34H2,1-10H3/b13-11+,16-12+,36-17+,40-27+/t35-,37-,38-,39-,41-,42?,43+,44?,46-,47-,48+,49+,50-,51-,53-,54-,55+,56-,57-,58+,60+,63-,65+,66-/m1/s1. The highest BCUT2D eigenvalue weighted by atomic mass is 16.8. The molecule has 0 aromatic heterocycles. The van der Waals surface area contributed by atoms with Gasteiger partial charge in [-0.2, -0.15) is 0 Å². The third-order valence-corrected chi connectivity index (χ3v) is 19.2. The predicted molar refractivity (Wildman–Crippen MR) is 328 cm³/mol. The third kappa shape index (κ3) is 19.9. The summed E-state index contributed by atoms with van der Waals surface area (Å²) in [5, 5.41) is 96.4. The van der Waals surface area contributed by atoms with Gasteiger partial charge in [0, 0.05) is 58.5 Å². The molecule has 5 fully saturated rings. The number of ketones is 3. The molecule has 528 valence electrons. The van der Waals surface area contributed by atoms with Crippen molar-refractivity contribution in [2.75, 3.05) is 60.9 Å². The summed E-state index contributed by atoms with van der Waals surface area (Å²) in [7, 11) is 4.32. The first-order valence-electron chi connectivity index (χ1n) is 32.6. The van der Waals surface area contributed by atoms with Crippen LogP contribution in [0.4, 0.5) is 4.79 Å². The number of ether oxygens (including phenoxy) is 11. The summed E-state index contributed by atoms with van der Waals surface area (Å²) in [6.07, 6.45) is -8.09. The Hall–Kier alpha value is -4.50. The molecule has 1 amide bonds. The molecule has 2 bridgehead atoms. The van der Waals surface area contributed by atoms with Gasteiger partial charge in [-0.1, -0.05) is 71.1 Å². The van der Waals surface area contributed by atoms with Crippen LogP contribution in [0.2, 0.25) is 0 Å². The predicted octanol–water partition coefficient (Wildman–Crippen LogP) is 1.98. The minimum Gasteiger partial charge on any atom is -0.460 e. The number of allylic oxidation sites excluding steroid dienone is 6. The second kappa shape index (κ2) is 35.7. The third-order valence-electron chi connectivity index (χ3n) is 19.2. The molecule has 0 spiro atoms. The number of cyclic esters (lactones) is 1. The number of rotatable bonds is 15. The van der Waals surface area contributed by atoms with E-state index in [0.29, 0.717) is 51.4 Å². The van der Waals surface area contributed by atoms with Crippen LogP contribution in [-0.2, 0) is 76.1 Å². The Balaban J connectivity index is 1.35. The van der Waals surface area contributed by atoms with Crippen molar-refractivity contribution in [3.05, 3.63) is 47.6 Å². The minimum absolute atomic E-state index is 0.00392. The van der Waals surface area contributed by atoms with Gasteiger partial charge in [0.15, 0.2) is 30.9 Å². The molecule has 0 radical (unpaired) electrons. The average Bonchev–Trinajstić information content (AvgIpc) is 0.790. The summed E-state index contributed by atoms with van der Waals surface area (Å²) in [5.41, 5.74) is 0.895. The highest BCUT2D eigenvalue weighted by molar-refractivity contribution is 6.39. The summed E-state index contributed by atoms with van der Waals surface area (Å²) < 4.78 is 63.8. The molecule has 9 N–H and O–H groups in total. The van der Waals surface area contributed by atoms with Crippen LogP contribution in [0.3, 0.4) is 0 Å². The van der Waals surface area contributed by atoms with Gasteiger partial charge in [-0.3, -0.25) is 19.2 Å². The number of Topliss-reactive ketones (excluding diaryl/α,β-unsaturated/α-hetero) is 3. The van der Waals surface area contributed by atoms with Crippen LogP contribution in [0, 0.1) is 35.5 Å². The second-order valence-corrected chi connectivity index (χ2v) is 26.3. The number of amides is 1. The number of piperidine rings is 1. The van der Waals surface area contributed by atoms with E-state index in [1.165, 1.54) is 27.2 Å². The summed E-state index contributed by atoms with van der Waals surface area (Å²) in [6.45, 7) is 9.03. The number of hydrogen-bond donors (Lipinski definition) is 9. The number of carbonyl (C=O) groups excluding carboxylic acids is 6. The SMILES string of the molecule is CO[C@H]1C[C@@H]2CC[C@@H](C)[C@@](O)(O2)C(=O)C(=O)N2CCCCC2C(=O)O[C@H]([C@H](C)CC2CC[C@@H](OCCO)[C@H](OC)C2)CC(=O)[C@H](C)/C=C(\C)[C@@H](OC(=O)OC[C@]2(O)OC[C@@H](O)[C@@H](O)[C@@H]2O[C@H]2O[C@H](CO)[C@@H](O)[C@H](O)[C@H]2O)[C@@H](OC)C(=O)[C@H](C)C[C@H](C)/C=C/C=C/C=C/1C. The lowest BCUT2D eigenvalue weighted by Gasteiger charge is -2.47. The molecular formula is C66H103NO26. The van der Waals surface area contributed by atoms with Gasteiger partial charge in [-0.25, -0.2) is 9.59 Å². The lowest BCUT2D eigenvalue weighted by atomic mass is 9.78. The first-order valence-corrected chi connectivity index (χ1v) is 32.6. The van der Waals surface area contributed by atoms with Crippen LogP contribution < -0.4 is 0 Å². The monoisotopic (exact) mass is 1330 g/mol. The van der Waals surface area contributed by atoms with Gasteiger partial charge in [-0.05, 0) is 107 Å². The Kier molecular flexibility index (Phi) is 29.7. The maximum atomic E-state index is 14.9. The van der Waals surface area contributed by atoms with Gasteiger partial charge in [0.2, 0.25) is 11.6 Å². The number of methoxy groups -OCH3 is 3. The first kappa shape index (κ1) is 77.5. The molecule has 2 unspecified atom stereocenters. The van der Waals surface area contributed by atoms with Crippen molar-refractivity contribution in [1.82, 2.24) is 4.90 Å². The summed E-state index contributed by atoms with van der Waals surface area (Å²) in [6, 6.07) is -1.28. The smallest absolute Gasteiger partial charge is 0.460 e. The maximum absolute atomic E-state index is 14.9. The summed E-state index contributed by atoms with van der Waals surface area (Å²) in [4.78, 5) is 88.6. The highest BCUT2D eigenvalue weighted by Crippen LogP contribution is 2.39. The fraction of sp³-hybridized carbons (Fsp3) is 0.788. The van der Waals surface area contributed by atoms with Gasteiger partial charge in [0.1, 0.15) is 60.7 Å². The molecule has 0 aromatic rings. The normalized spacial score (nSPS) is 41.7. The van der Waals surface area contributed by atoms with E-state index in [1.54, 1.807) is 46.1 Å². The molecule has 24 atom stereocenters. The van der Waals surface area contributed by atoms with Gasteiger partial charge in [0.25, 0.3) is 11.7 Å². The van der Waals surface area contributed by atoms with Gasteiger partial charge < -0.3 is 103 Å². The second-order valence-electron chi connectivity index (χ2n) is 26.3. The maximum Gasteiger partial charge on any atom is 0.509 e. The van der Waals surface area contributed by atoms with Crippen molar-refractivity contribution in [3.63, 3.8) is 0 Å². The highest BCUT2D eigenvalue weighted by Gasteiger charge is 2.56. The van der Waals surface area contributed by atoms with Crippen LogP contribution in [0.15, 0.2) is 47.6 Å². The number of nitrogens with zero attached hydrogens (tertiary/aromatic N) is 1. The lowest BCUT2D eigenvalue weighted by Crippen LogP contribution is -2.67. The number of hydrogen-bond acceptors (Lipinski definition) is 26. The molecule has 1 aliphatic carbocycles. The molecule has 4 saturated heterocycles. The largest absolute Gasteiger partial charge is 0.509 e. The van der Waals surface area contributed by atoms with Crippen molar-refractivity contribution < 1.29 is 127 Å². The molecule has 5 aliphatic heterocycles. The van der Waals surface area contributed by atoms with Gasteiger partial charge >= 0.3 is 12.1 Å². The van der Waals surface area contributed by atoms with E-state index in [9.17, 15) is 74.7 Å². The van der Waals surface area contributed by atoms with Crippen molar-refractivity contribution in [2.45, 2.75) is 235 Å². The van der Waals surface area contributed by atoms with Crippen LogP contribution in [0.5, 0.6) is 0 Å². The van der Waals surface area contributed by atoms with Crippen LogP contribution in [0.25, 0.3) is 0 Å². The van der Waals surface area contributed by atoms with E-state index in [2.05, 4.69) is 0 Å². The van der Waals surface area contributed by atoms with Crippen molar-refractivity contribution in [2.24, 2.45) is 35.5 Å². The van der Waals surface area contributed by atoms with Gasteiger partial charge in [0.05, 0.1) is 50.8 Å². The average molecular weight is 1330 g/mol. The van der Waals surface area contributed by atoms with E-state index >= 15 is 0 Å². The molecular weight excluding hydrogens is 1220 g/mol. The molecule has 6 rings (SSSR count). The zero-order valence-electron chi connectivity index (χ0n) is 55.3. The molecule has 0 aromatic carbocycles. The topological polar surface area (TPSA) is 389 Å². The number of aliphatic hydroxyl groups excluding tert-OH is 7. The Morgan fingerprint density at radius 3 is 2.20 bits per heavy atom. The summed E-state index contributed by atoms with van der Waals surface area (Å²) in [5.74, 6) is -12.9. The van der Waals surface area contributed by atoms with Crippen molar-refractivity contribution in [1.29, 1.82) is 0 Å². The molecule has 5 heterocycles. The Labute approximate surface area is 544 Å². The van der Waals surface area contributed by atoms with E-state index in [1.807, 2.05) is 32.9 Å². The number of fused-ring (bicyclic) bond motifs is 3. The number of esters is 1. The van der Waals surface area contributed by atoms with Crippen LogP contribution in [0.1, 0.15) is 126 Å². The molecule has 27 heteroatoms.